The zero-order valence-electron chi connectivity index (χ0n) is 28.9. The van der Waals surface area contributed by atoms with Gasteiger partial charge in [0.25, 0.3) is 5.91 Å². The second-order valence-electron chi connectivity index (χ2n) is 14.1. The first kappa shape index (κ1) is 36.4. The van der Waals surface area contributed by atoms with E-state index in [4.69, 9.17) is 9.47 Å². The molecule has 1 aromatic carbocycles. The Hall–Kier alpha value is -4.40. The highest BCUT2D eigenvalue weighted by Crippen LogP contribution is 2.45. The van der Waals surface area contributed by atoms with Gasteiger partial charge in [-0.05, 0) is 61.6 Å². The van der Waals surface area contributed by atoms with Crippen LogP contribution in [-0.2, 0) is 47.0 Å². The van der Waals surface area contributed by atoms with E-state index in [0.717, 1.165) is 36.0 Å². The Labute approximate surface area is 298 Å². The van der Waals surface area contributed by atoms with Crippen LogP contribution >= 0.6 is 0 Å². The number of carbonyl (C=O) groups is 5. The van der Waals surface area contributed by atoms with Gasteiger partial charge in [-0.1, -0.05) is 56.2 Å². The van der Waals surface area contributed by atoms with E-state index in [9.17, 15) is 32.4 Å². The summed E-state index contributed by atoms with van der Waals surface area (Å²) in [6.07, 6.45) is 8.12. The summed E-state index contributed by atoms with van der Waals surface area (Å²) >= 11 is 0. The van der Waals surface area contributed by atoms with E-state index in [-0.39, 0.29) is 32.4 Å². The smallest absolute Gasteiger partial charge is 0.410 e. The number of fused-ring (bicyclic) bond motifs is 3. The van der Waals surface area contributed by atoms with Crippen LogP contribution in [0.3, 0.4) is 0 Å². The number of carbonyl (C=O) groups excluding carboxylic acids is 5. The standard InChI is InChI=1S/C36H47N5O9S/c1-3-5-14-29-32(43)41-21-26(18-30(41)31(42)38-36(19-25(36)4-2)33(44)39-51(47,48)27-15-16-27)50-35(46)40-20-24-13-10-12-23(28(24)22-40)11-8-6-7-9-17-49-34(45)37-29/h4,8,10-13,25-27,29-30H,2-3,5-7,9,14-22H2,1H3,(H,37,45)(H,38,42)(H,39,44)/b11-8+/t25-,26+,29-,30-,36+/m0/s1. The van der Waals surface area contributed by atoms with Crippen molar-refractivity contribution >= 4 is 46.0 Å². The molecule has 5 amide bonds. The molecule has 1 saturated heterocycles. The molecule has 276 valence electrons. The molecule has 1 aromatic rings. The predicted molar refractivity (Wildman–Crippen MR) is 186 cm³/mol. The summed E-state index contributed by atoms with van der Waals surface area (Å²) in [6, 6.07) is 3.70. The zero-order valence-corrected chi connectivity index (χ0v) is 29.8. The molecule has 4 bridgehead atoms. The number of alkyl carbamates (subject to hydrolysis) is 1. The molecule has 15 heteroatoms. The lowest BCUT2D eigenvalue weighted by molar-refractivity contribution is -0.141. The average Bonchev–Trinajstić information content (AvgIpc) is 3.99. The summed E-state index contributed by atoms with van der Waals surface area (Å²) in [5, 5.41) is 4.78. The van der Waals surface area contributed by atoms with Crippen LogP contribution in [0.4, 0.5) is 9.59 Å². The minimum absolute atomic E-state index is 0.0696. The van der Waals surface area contributed by atoms with Gasteiger partial charge in [-0.2, -0.15) is 0 Å². The van der Waals surface area contributed by atoms with E-state index in [2.05, 4.69) is 28.0 Å². The highest BCUT2D eigenvalue weighted by molar-refractivity contribution is 7.91. The van der Waals surface area contributed by atoms with Crippen molar-refractivity contribution in [3.63, 3.8) is 0 Å². The number of nitrogens with one attached hydrogen (secondary N) is 3. The van der Waals surface area contributed by atoms with Gasteiger partial charge < -0.3 is 25.0 Å². The maximum atomic E-state index is 14.2. The van der Waals surface area contributed by atoms with Gasteiger partial charge in [0.1, 0.15) is 23.7 Å². The molecule has 3 fully saturated rings. The Balaban J connectivity index is 1.25. The normalized spacial score (nSPS) is 28.9. The lowest BCUT2D eigenvalue weighted by atomic mass is 10.0. The maximum Gasteiger partial charge on any atom is 0.410 e. The molecule has 0 unspecified atom stereocenters. The lowest BCUT2D eigenvalue weighted by Crippen LogP contribution is -2.58. The van der Waals surface area contributed by atoms with Crippen LogP contribution in [0.25, 0.3) is 6.08 Å². The topological polar surface area (TPSA) is 181 Å². The highest BCUT2D eigenvalue weighted by atomic mass is 32.2. The second-order valence-corrected chi connectivity index (χ2v) is 16.1. The summed E-state index contributed by atoms with van der Waals surface area (Å²) < 4.78 is 38.7. The van der Waals surface area contributed by atoms with Crippen LogP contribution in [0.5, 0.6) is 0 Å². The van der Waals surface area contributed by atoms with Crippen molar-refractivity contribution in [3.05, 3.63) is 53.6 Å². The summed E-state index contributed by atoms with van der Waals surface area (Å²) in [6.45, 7) is 6.43. The first-order valence-corrected chi connectivity index (χ1v) is 19.5. The van der Waals surface area contributed by atoms with Gasteiger partial charge in [-0.25, -0.2) is 18.0 Å². The van der Waals surface area contributed by atoms with Crippen LogP contribution in [0.15, 0.2) is 36.9 Å². The van der Waals surface area contributed by atoms with Crippen molar-refractivity contribution in [1.82, 2.24) is 25.2 Å². The molecular formula is C36H47N5O9S. The van der Waals surface area contributed by atoms with E-state index >= 15 is 0 Å². The Morgan fingerprint density at radius 1 is 1.16 bits per heavy atom. The fourth-order valence-corrected chi connectivity index (χ4v) is 8.50. The van der Waals surface area contributed by atoms with Crippen molar-refractivity contribution in [1.29, 1.82) is 0 Å². The number of cyclic esters (lactones) is 1. The number of allylic oxidation sites excluding steroid dienone is 1. The maximum absolute atomic E-state index is 14.2. The van der Waals surface area contributed by atoms with Crippen molar-refractivity contribution in [2.45, 2.75) is 113 Å². The van der Waals surface area contributed by atoms with Crippen LogP contribution in [-0.4, -0.2) is 90.3 Å². The van der Waals surface area contributed by atoms with Gasteiger partial charge in [0.15, 0.2) is 0 Å². The molecule has 6 rings (SSSR count). The molecule has 3 N–H and O–H groups in total. The van der Waals surface area contributed by atoms with Crippen molar-refractivity contribution in [2.75, 3.05) is 13.2 Å². The van der Waals surface area contributed by atoms with Gasteiger partial charge >= 0.3 is 12.2 Å². The van der Waals surface area contributed by atoms with Crippen LogP contribution in [0.1, 0.15) is 87.8 Å². The predicted octanol–water partition coefficient (Wildman–Crippen LogP) is 3.26. The Bertz CT molecular complexity index is 1710. The number of rotatable bonds is 9. The monoisotopic (exact) mass is 725 g/mol. The van der Waals surface area contributed by atoms with E-state index in [1.54, 1.807) is 4.90 Å². The van der Waals surface area contributed by atoms with E-state index in [1.807, 2.05) is 31.2 Å². The van der Waals surface area contributed by atoms with Crippen molar-refractivity contribution in [3.8, 4) is 0 Å². The van der Waals surface area contributed by atoms with Crippen LogP contribution in [0.2, 0.25) is 0 Å². The van der Waals surface area contributed by atoms with Gasteiger partial charge in [-0.15, -0.1) is 6.58 Å². The minimum Gasteiger partial charge on any atom is -0.450 e. The molecule has 51 heavy (non-hydrogen) atoms. The van der Waals surface area contributed by atoms with Gasteiger partial charge in [0.2, 0.25) is 21.8 Å². The van der Waals surface area contributed by atoms with Crippen molar-refractivity contribution in [2.24, 2.45) is 5.92 Å². The van der Waals surface area contributed by atoms with Gasteiger partial charge in [-0.3, -0.25) is 24.0 Å². The van der Waals surface area contributed by atoms with E-state index < -0.39 is 74.8 Å². The van der Waals surface area contributed by atoms with E-state index in [1.165, 1.54) is 11.0 Å². The summed E-state index contributed by atoms with van der Waals surface area (Å²) in [4.78, 5) is 71.0. The number of sulfonamides is 1. The third-order valence-corrected chi connectivity index (χ3v) is 12.2. The van der Waals surface area contributed by atoms with Gasteiger partial charge in [0.05, 0.1) is 24.9 Å². The summed E-state index contributed by atoms with van der Waals surface area (Å²) in [5.41, 5.74) is 1.46. The second kappa shape index (κ2) is 15.1. The van der Waals surface area contributed by atoms with Crippen LogP contribution < -0.4 is 15.4 Å². The highest BCUT2D eigenvalue weighted by Gasteiger charge is 2.62. The SMILES string of the molecule is C=C[C@H]1C[C@]1(NC(=O)[C@@H]1C[C@@H]2CN1C(=O)[C@H](CCCC)NC(=O)OCCCC/C=C/c1cccc3c1CN(C3)C(=O)O2)C(=O)NS(=O)(=O)C1CC1. The quantitative estimate of drug-likeness (QED) is 0.322. The fourth-order valence-electron chi connectivity index (χ4n) is 7.13. The largest absolute Gasteiger partial charge is 0.450 e. The minimum atomic E-state index is -3.90. The molecule has 2 saturated carbocycles. The summed E-state index contributed by atoms with van der Waals surface area (Å²) in [5.74, 6) is -2.65. The molecule has 3 aliphatic heterocycles. The molecule has 3 heterocycles. The Kier molecular flexibility index (Phi) is 10.7. The van der Waals surface area contributed by atoms with Crippen LogP contribution in [0, 0.1) is 5.92 Å². The number of ether oxygens (including phenoxy) is 2. The molecule has 0 radical (unpaired) electrons. The van der Waals surface area contributed by atoms with E-state index in [0.29, 0.717) is 38.8 Å². The Morgan fingerprint density at radius 2 is 1.96 bits per heavy atom. The molecule has 0 spiro atoms. The third-order valence-electron chi connectivity index (χ3n) is 10.4. The molecule has 2 aliphatic carbocycles. The Morgan fingerprint density at radius 3 is 2.69 bits per heavy atom. The number of amides is 5. The molecule has 5 aliphatic rings. The molecule has 5 atom stereocenters. The number of nitrogens with zero attached hydrogens (tertiary/aromatic N) is 2. The zero-order chi connectivity index (χ0) is 36.3. The number of hydrogen-bond donors (Lipinski definition) is 3. The fraction of sp³-hybridized carbons (Fsp3) is 0.583. The number of unbranched alkanes of at least 4 members (excludes halogenated alkanes) is 1. The van der Waals surface area contributed by atoms with Gasteiger partial charge in [0, 0.05) is 18.9 Å². The number of benzene rings is 1. The first-order valence-electron chi connectivity index (χ1n) is 17.9. The molecule has 14 nitrogen and oxygen atoms in total. The summed E-state index contributed by atoms with van der Waals surface area (Å²) in [7, 11) is -3.90. The third kappa shape index (κ3) is 8.08. The first-order chi connectivity index (χ1) is 24.5. The molecular weight excluding hydrogens is 678 g/mol. The average molecular weight is 726 g/mol. The lowest BCUT2D eigenvalue weighted by Gasteiger charge is -2.29. The number of hydrogen-bond acceptors (Lipinski definition) is 9. The van der Waals surface area contributed by atoms with Crippen molar-refractivity contribution < 1.29 is 41.9 Å². The molecule has 0 aromatic heterocycles.